The SMILES string of the molecule is CN(C)CC(=O)Nc1ccc(N=C(N)CCl)cc1. The maximum atomic E-state index is 11.5. The number of halogens is 1. The summed E-state index contributed by atoms with van der Waals surface area (Å²) in [5.74, 6) is 0.499. The number of likely N-dealkylation sites (N-methyl/N-ethyl adjacent to an activating group) is 1. The van der Waals surface area contributed by atoms with Gasteiger partial charge in [0.2, 0.25) is 5.91 Å². The minimum atomic E-state index is -0.0588. The fourth-order valence-electron chi connectivity index (χ4n) is 1.30. The number of aliphatic imine (C=N–C) groups is 1. The van der Waals surface area contributed by atoms with Crippen molar-refractivity contribution >= 4 is 34.7 Å². The standard InChI is InChI=1S/C12H17ClN4O/c1-17(2)8-12(18)16-10-5-3-9(4-6-10)15-11(14)7-13/h3-6H,7-8H2,1-2H3,(H2,14,15)(H,16,18). The first-order valence-electron chi connectivity index (χ1n) is 5.45. The number of carbonyl (C=O) groups is 1. The van der Waals surface area contributed by atoms with Crippen LogP contribution in [0.1, 0.15) is 0 Å². The minimum Gasteiger partial charge on any atom is -0.386 e. The zero-order valence-corrected chi connectivity index (χ0v) is 11.2. The smallest absolute Gasteiger partial charge is 0.238 e. The molecule has 1 rings (SSSR count). The molecule has 0 aliphatic rings. The number of nitrogens with one attached hydrogen (secondary N) is 1. The molecule has 0 saturated heterocycles. The Hall–Kier alpha value is -1.59. The molecule has 3 N–H and O–H groups in total. The van der Waals surface area contributed by atoms with Crippen LogP contribution in [-0.4, -0.2) is 43.2 Å². The molecule has 6 heteroatoms. The van der Waals surface area contributed by atoms with Crippen molar-refractivity contribution in [3.05, 3.63) is 24.3 Å². The Bertz CT molecular complexity index is 428. The summed E-state index contributed by atoms with van der Waals surface area (Å²) in [6.45, 7) is 0.346. The van der Waals surface area contributed by atoms with Crippen LogP contribution in [0.25, 0.3) is 0 Å². The second-order valence-electron chi connectivity index (χ2n) is 4.07. The van der Waals surface area contributed by atoms with Gasteiger partial charge in [-0.25, -0.2) is 4.99 Å². The number of amides is 1. The Balaban J connectivity index is 2.63. The number of rotatable bonds is 5. The van der Waals surface area contributed by atoms with E-state index in [1.807, 2.05) is 14.1 Å². The van der Waals surface area contributed by atoms with Crippen molar-refractivity contribution in [3.8, 4) is 0 Å². The molecule has 0 spiro atoms. The van der Waals surface area contributed by atoms with E-state index < -0.39 is 0 Å². The van der Waals surface area contributed by atoms with E-state index in [0.717, 1.165) is 5.69 Å². The Morgan fingerprint density at radius 2 is 2.00 bits per heavy atom. The average molecular weight is 269 g/mol. The lowest BCUT2D eigenvalue weighted by atomic mass is 10.3. The van der Waals surface area contributed by atoms with Gasteiger partial charge in [0, 0.05) is 5.69 Å². The van der Waals surface area contributed by atoms with Gasteiger partial charge < -0.3 is 16.0 Å². The summed E-state index contributed by atoms with van der Waals surface area (Å²) in [7, 11) is 3.68. The van der Waals surface area contributed by atoms with Gasteiger partial charge in [-0.2, -0.15) is 0 Å². The molecule has 0 fully saturated rings. The van der Waals surface area contributed by atoms with E-state index in [1.54, 1.807) is 29.2 Å². The average Bonchev–Trinajstić information content (AvgIpc) is 2.30. The van der Waals surface area contributed by atoms with Gasteiger partial charge in [0.1, 0.15) is 5.84 Å². The summed E-state index contributed by atoms with van der Waals surface area (Å²) < 4.78 is 0. The van der Waals surface area contributed by atoms with Crippen LogP contribution in [0.5, 0.6) is 0 Å². The number of hydrogen-bond acceptors (Lipinski definition) is 3. The van der Waals surface area contributed by atoms with Crippen molar-refractivity contribution < 1.29 is 4.79 Å². The molecule has 5 nitrogen and oxygen atoms in total. The second kappa shape index (κ2) is 6.98. The zero-order valence-electron chi connectivity index (χ0n) is 10.5. The molecular weight excluding hydrogens is 252 g/mol. The van der Waals surface area contributed by atoms with Crippen LogP contribution < -0.4 is 11.1 Å². The topological polar surface area (TPSA) is 70.7 Å². The van der Waals surface area contributed by atoms with E-state index in [4.69, 9.17) is 17.3 Å². The molecule has 1 aromatic rings. The molecular formula is C12H17ClN4O. The van der Waals surface area contributed by atoms with Crippen LogP contribution >= 0.6 is 11.6 Å². The zero-order chi connectivity index (χ0) is 13.5. The monoisotopic (exact) mass is 268 g/mol. The predicted molar refractivity (Wildman–Crippen MR) is 75.6 cm³/mol. The van der Waals surface area contributed by atoms with E-state index >= 15 is 0 Å². The molecule has 0 aromatic heterocycles. The maximum Gasteiger partial charge on any atom is 0.238 e. The molecule has 0 bridgehead atoms. The highest BCUT2D eigenvalue weighted by atomic mass is 35.5. The van der Waals surface area contributed by atoms with Crippen LogP contribution in [0.15, 0.2) is 29.3 Å². The highest BCUT2D eigenvalue weighted by Crippen LogP contribution is 2.16. The van der Waals surface area contributed by atoms with Crippen LogP contribution in [0.4, 0.5) is 11.4 Å². The summed E-state index contributed by atoms with van der Waals surface area (Å²) in [6, 6.07) is 7.08. The number of carbonyl (C=O) groups excluding carboxylic acids is 1. The van der Waals surface area contributed by atoms with Gasteiger partial charge in [-0.15, -0.1) is 11.6 Å². The van der Waals surface area contributed by atoms with Crippen molar-refractivity contribution in [1.29, 1.82) is 0 Å². The summed E-state index contributed by atoms with van der Waals surface area (Å²) >= 11 is 5.53. The van der Waals surface area contributed by atoms with Gasteiger partial charge in [-0.3, -0.25) is 4.79 Å². The summed E-state index contributed by atoms with van der Waals surface area (Å²) in [5.41, 5.74) is 6.96. The lowest BCUT2D eigenvalue weighted by Gasteiger charge is -2.10. The lowest BCUT2D eigenvalue weighted by Crippen LogP contribution is -2.26. The summed E-state index contributed by atoms with van der Waals surface area (Å²) in [6.07, 6.45) is 0. The molecule has 1 amide bonds. The fraction of sp³-hybridized carbons (Fsp3) is 0.333. The van der Waals surface area contributed by atoms with Gasteiger partial charge in [-0.1, -0.05) is 0 Å². The van der Waals surface area contributed by atoms with E-state index in [1.165, 1.54) is 0 Å². The van der Waals surface area contributed by atoms with Crippen LogP contribution in [-0.2, 0) is 4.79 Å². The number of nitrogens with zero attached hydrogens (tertiary/aromatic N) is 2. The predicted octanol–water partition coefficient (Wildman–Crippen LogP) is 1.41. The van der Waals surface area contributed by atoms with E-state index in [2.05, 4.69) is 10.3 Å². The molecule has 98 valence electrons. The Kier molecular flexibility index (Phi) is 5.61. The first-order valence-corrected chi connectivity index (χ1v) is 5.98. The van der Waals surface area contributed by atoms with E-state index in [0.29, 0.717) is 18.1 Å². The molecule has 0 aliphatic carbocycles. The fourth-order valence-corrected chi connectivity index (χ4v) is 1.36. The molecule has 1 aromatic carbocycles. The van der Waals surface area contributed by atoms with E-state index in [-0.39, 0.29) is 11.8 Å². The lowest BCUT2D eigenvalue weighted by molar-refractivity contribution is -0.116. The van der Waals surface area contributed by atoms with Gasteiger partial charge in [0.05, 0.1) is 18.1 Å². The van der Waals surface area contributed by atoms with E-state index in [9.17, 15) is 4.79 Å². The number of anilines is 1. The normalized spacial score (nSPS) is 11.7. The minimum absolute atomic E-state index is 0.0588. The second-order valence-corrected chi connectivity index (χ2v) is 4.34. The Morgan fingerprint density at radius 1 is 1.39 bits per heavy atom. The number of amidine groups is 1. The molecule has 0 heterocycles. The number of hydrogen-bond donors (Lipinski definition) is 2. The van der Waals surface area contributed by atoms with Crippen molar-refractivity contribution in [2.75, 3.05) is 31.8 Å². The van der Waals surface area contributed by atoms with Gasteiger partial charge >= 0.3 is 0 Å². The molecule has 0 saturated carbocycles. The van der Waals surface area contributed by atoms with Crippen molar-refractivity contribution in [1.82, 2.24) is 4.90 Å². The third kappa shape index (κ3) is 5.16. The van der Waals surface area contributed by atoms with Gasteiger partial charge in [0.25, 0.3) is 0 Å². The third-order valence-electron chi connectivity index (χ3n) is 2.02. The number of nitrogens with two attached hydrogens (primary N) is 1. The first-order chi connectivity index (χ1) is 8.51. The summed E-state index contributed by atoms with van der Waals surface area (Å²) in [5, 5.41) is 2.78. The molecule has 0 atom stereocenters. The molecule has 18 heavy (non-hydrogen) atoms. The van der Waals surface area contributed by atoms with Crippen LogP contribution in [0.3, 0.4) is 0 Å². The highest BCUT2D eigenvalue weighted by molar-refractivity contribution is 6.28. The summed E-state index contributed by atoms with van der Waals surface area (Å²) in [4.78, 5) is 17.4. The first kappa shape index (κ1) is 14.5. The Labute approximate surface area is 112 Å². The van der Waals surface area contributed by atoms with Crippen LogP contribution in [0.2, 0.25) is 0 Å². The maximum absolute atomic E-state index is 11.5. The highest BCUT2D eigenvalue weighted by Gasteiger charge is 2.03. The number of benzene rings is 1. The molecule has 0 aliphatic heterocycles. The van der Waals surface area contributed by atoms with Gasteiger partial charge in [-0.05, 0) is 38.4 Å². The van der Waals surface area contributed by atoms with Crippen molar-refractivity contribution in [2.24, 2.45) is 10.7 Å². The van der Waals surface area contributed by atoms with Gasteiger partial charge in [0.15, 0.2) is 0 Å². The van der Waals surface area contributed by atoms with Crippen LogP contribution in [0, 0.1) is 0 Å². The van der Waals surface area contributed by atoms with Crippen molar-refractivity contribution in [3.63, 3.8) is 0 Å². The third-order valence-corrected chi connectivity index (χ3v) is 2.29. The quantitative estimate of drug-likeness (QED) is 0.482. The Morgan fingerprint density at radius 3 is 2.50 bits per heavy atom. The molecule has 0 radical (unpaired) electrons. The molecule has 0 unspecified atom stereocenters. The van der Waals surface area contributed by atoms with Crippen molar-refractivity contribution in [2.45, 2.75) is 0 Å². The largest absolute Gasteiger partial charge is 0.386 e. The number of alkyl halides is 1.